The maximum absolute atomic E-state index is 13.9. The molecule has 3 heterocycles. The van der Waals surface area contributed by atoms with E-state index in [9.17, 15) is 28.8 Å². The number of likely N-dealkylation sites (tertiary alicyclic amines) is 1. The number of hydrogen-bond acceptors (Lipinski definition) is 9. The summed E-state index contributed by atoms with van der Waals surface area (Å²) in [6.45, 7) is 14.0. The monoisotopic (exact) mass is 838 g/mol. The van der Waals surface area contributed by atoms with Gasteiger partial charge >= 0.3 is 17.9 Å². The van der Waals surface area contributed by atoms with Crippen LogP contribution in [0, 0.1) is 18.8 Å². The number of imidazole rings is 1. The Hall–Kier alpha value is -6.19. The average Bonchev–Trinajstić information content (AvgIpc) is 3.81. The number of aryl methyl sites for hydroxylation is 1. The number of aromatic amines is 2. The molecule has 0 radical (unpaired) electrons. The van der Waals surface area contributed by atoms with Gasteiger partial charge in [-0.1, -0.05) is 30.3 Å². The molecule has 2 aromatic carbocycles. The Bertz CT molecular complexity index is 2300. The number of anilines is 1. The maximum atomic E-state index is 13.9. The lowest BCUT2D eigenvalue weighted by Crippen LogP contribution is -2.48. The van der Waals surface area contributed by atoms with Gasteiger partial charge in [-0.15, -0.1) is 0 Å². The molecule has 2 aromatic heterocycles. The fourth-order valence-corrected chi connectivity index (χ4v) is 7.69. The van der Waals surface area contributed by atoms with Crippen molar-refractivity contribution < 1.29 is 33.4 Å². The molecule has 2 fully saturated rings. The number of ether oxygens (including phenoxy) is 2. The van der Waals surface area contributed by atoms with Gasteiger partial charge in [-0.05, 0) is 122 Å². The van der Waals surface area contributed by atoms with Gasteiger partial charge in [-0.2, -0.15) is 0 Å². The number of rotatable bonds is 11. The van der Waals surface area contributed by atoms with Gasteiger partial charge in [-0.3, -0.25) is 14.4 Å². The molecule has 326 valence electrons. The molecule has 61 heavy (non-hydrogen) atoms. The molecule has 5 amide bonds. The molecule has 6 rings (SSSR count). The van der Waals surface area contributed by atoms with Crippen molar-refractivity contribution in [1.29, 1.82) is 0 Å². The Morgan fingerprint density at radius 2 is 1.54 bits per heavy atom. The SMILES string of the molecule is Cc1nc(C(=O)NC2CCN(C(=O)OC(C)(C)C)C2)ccc1-c1ccc(CC(NC(=O)C2CCC(CNC(=O)OC(C)(C)C)CC2)C(=O)Nc2ccc3[nH]c(=O)[nH]c3c2)cc1. The van der Waals surface area contributed by atoms with Gasteiger partial charge in [0.2, 0.25) is 11.8 Å². The van der Waals surface area contributed by atoms with Crippen LogP contribution in [0.25, 0.3) is 22.2 Å². The zero-order chi connectivity index (χ0) is 44.1. The van der Waals surface area contributed by atoms with E-state index in [-0.39, 0.29) is 47.5 Å². The van der Waals surface area contributed by atoms with E-state index in [0.29, 0.717) is 61.3 Å². The first-order valence-corrected chi connectivity index (χ1v) is 20.9. The number of aromatic nitrogens is 3. The molecular formula is C45H58N8O8. The van der Waals surface area contributed by atoms with Crippen LogP contribution >= 0.6 is 0 Å². The minimum atomic E-state index is -0.914. The number of carbonyl (C=O) groups is 5. The summed E-state index contributed by atoms with van der Waals surface area (Å²) in [5.74, 6) is -1.01. The first kappa shape index (κ1) is 44.4. The summed E-state index contributed by atoms with van der Waals surface area (Å²) in [6.07, 6.45) is 2.69. The van der Waals surface area contributed by atoms with Crippen LogP contribution < -0.4 is 27.0 Å². The molecule has 2 atom stereocenters. The number of pyridine rings is 1. The number of alkyl carbamates (subject to hydrolysis) is 1. The van der Waals surface area contributed by atoms with Crippen molar-refractivity contribution in [2.75, 3.05) is 25.0 Å². The van der Waals surface area contributed by atoms with Crippen LogP contribution in [0.4, 0.5) is 15.3 Å². The van der Waals surface area contributed by atoms with Crippen LogP contribution in [-0.4, -0.2) is 92.7 Å². The molecule has 16 nitrogen and oxygen atoms in total. The summed E-state index contributed by atoms with van der Waals surface area (Å²) >= 11 is 0. The van der Waals surface area contributed by atoms with Crippen LogP contribution in [0.5, 0.6) is 0 Å². The van der Waals surface area contributed by atoms with E-state index in [2.05, 4.69) is 36.2 Å². The zero-order valence-electron chi connectivity index (χ0n) is 36.0. The summed E-state index contributed by atoms with van der Waals surface area (Å²) < 4.78 is 10.8. The van der Waals surface area contributed by atoms with E-state index in [1.807, 2.05) is 78.8 Å². The van der Waals surface area contributed by atoms with E-state index in [1.54, 1.807) is 29.2 Å². The van der Waals surface area contributed by atoms with Crippen LogP contribution in [0.1, 0.15) is 95.4 Å². The highest BCUT2D eigenvalue weighted by Gasteiger charge is 2.32. The third kappa shape index (κ3) is 12.4. The van der Waals surface area contributed by atoms with Crippen molar-refractivity contribution in [2.24, 2.45) is 11.8 Å². The first-order valence-electron chi connectivity index (χ1n) is 20.9. The topological polar surface area (TPSA) is 217 Å². The largest absolute Gasteiger partial charge is 0.444 e. The summed E-state index contributed by atoms with van der Waals surface area (Å²) in [6, 6.07) is 15.1. The second kappa shape index (κ2) is 18.6. The average molecular weight is 839 g/mol. The number of nitrogens with one attached hydrogen (secondary N) is 6. The fourth-order valence-electron chi connectivity index (χ4n) is 7.69. The minimum Gasteiger partial charge on any atom is -0.444 e. The number of nitrogens with zero attached hydrogens (tertiary/aromatic N) is 2. The molecule has 2 aliphatic rings. The first-order chi connectivity index (χ1) is 28.8. The lowest BCUT2D eigenvalue weighted by Gasteiger charge is -2.29. The number of fused-ring (bicyclic) bond motifs is 1. The van der Waals surface area contributed by atoms with Crippen LogP contribution in [-0.2, 0) is 25.5 Å². The highest BCUT2D eigenvalue weighted by molar-refractivity contribution is 5.99. The lowest BCUT2D eigenvalue weighted by atomic mass is 9.81. The molecule has 6 N–H and O–H groups in total. The van der Waals surface area contributed by atoms with Crippen LogP contribution in [0.2, 0.25) is 0 Å². The van der Waals surface area contributed by atoms with Gasteiger partial charge in [-0.25, -0.2) is 19.4 Å². The number of H-pyrrole nitrogens is 2. The molecule has 0 spiro atoms. The summed E-state index contributed by atoms with van der Waals surface area (Å²) in [7, 11) is 0. The van der Waals surface area contributed by atoms with Crippen molar-refractivity contribution in [2.45, 2.75) is 110 Å². The smallest absolute Gasteiger partial charge is 0.410 e. The van der Waals surface area contributed by atoms with E-state index in [0.717, 1.165) is 29.5 Å². The van der Waals surface area contributed by atoms with E-state index in [1.165, 1.54) is 0 Å². The molecule has 1 aliphatic heterocycles. The quantitative estimate of drug-likeness (QED) is 0.105. The zero-order valence-corrected chi connectivity index (χ0v) is 36.0. The predicted molar refractivity (Wildman–Crippen MR) is 231 cm³/mol. The van der Waals surface area contributed by atoms with E-state index >= 15 is 0 Å². The van der Waals surface area contributed by atoms with Crippen molar-refractivity contribution in [1.82, 2.24) is 35.8 Å². The molecule has 1 saturated carbocycles. The second-order valence-electron chi connectivity index (χ2n) is 18.1. The van der Waals surface area contributed by atoms with Gasteiger partial charge in [0.15, 0.2) is 0 Å². The number of benzene rings is 2. The predicted octanol–water partition coefficient (Wildman–Crippen LogP) is 5.96. The number of hydrogen-bond donors (Lipinski definition) is 6. The molecular weight excluding hydrogens is 781 g/mol. The van der Waals surface area contributed by atoms with Gasteiger partial charge in [0.25, 0.3) is 5.91 Å². The van der Waals surface area contributed by atoms with Gasteiger partial charge in [0.1, 0.15) is 22.9 Å². The Labute approximate surface area is 355 Å². The number of carbonyl (C=O) groups excluding carboxylic acids is 5. The Morgan fingerprint density at radius 1 is 0.852 bits per heavy atom. The molecule has 2 unspecified atom stereocenters. The summed E-state index contributed by atoms with van der Waals surface area (Å²) in [5.41, 5.74) is 3.49. The number of amides is 5. The molecule has 0 bridgehead atoms. The third-order valence-electron chi connectivity index (χ3n) is 10.8. The fraction of sp³-hybridized carbons (Fsp3) is 0.489. The van der Waals surface area contributed by atoms with Gasteiger partial charge in [0, 0.05) is 55.0 Å². The highest BCUT2D eigenvalue weighted by Crippen LogP contribution is 2.29. The van der Waals surface area contributed by atoms with Crippen molar-refractivity contribution >= 4 is 46.6 Å². The Morgan fingerprint density at radius 3 is 2.21 bits per heavy atom. The molecule has 1 aliphatic carbocycles. The lowest BCUT2D eigenvalue weighted by molar-refractivity contribution is -0.130. The van der Waals surface area contributed by atoms with Crippen molar-refractivity contribution in [3.05, 3.63) is 82.0 Å². The minimum absolute atomic E-state index is 0.207. The summed E-state index contributed by atoms with van der Waals surface area (Å²) in [4.78, 5) is 88.8. The van der Waals surface area contributed by atoms with Crippen LogP contribution in [0.3, 0.4) is 0 Å². The summed E-state index contributed by atoms with van der Waals surface area (Å²) in [5, 5.41) is 11.8. The Kier molecular flexibility index (Phi) is 13.5. The normalized spacial score (nSPS) is 18.5. The van der Waals surface area contributed by atoms with E-state index in [4.69, 9.17) is 9.47 Å². The molecule has 4 aromatic rings. The standard InChI is InChI=1S/C45H58N8O8/c1-26-33(17-19-35(47-26)39(55)49-32-20-21-53(25-32)43(59)61-45(5,6)7)29-12-8-27(9-13-29)22-37(40(56)48-31-16-18-34-36(23-31)52-41(57)51-34)50-38(54)30-14-10-28(11-15-30)24-46-42(58)60-44(2,3)4/h8-9,12-13,16-19,23,28,30,32,37H,10-11,14-15,20-22,24-25H2,1-7H3,(H,46,58)(H,48,56)(H,49,55)(H,50,54)(H2,51,52,57). The van der Waals surface area contributed by atoms with Crippen molar-refractivity contribution in [3.8, 4) is 11.1 Å². The highest BCUT2D eigenvalue weighted by atomic mass is 16.6. The van der Waals surface area contributed by atoms with E-state index < -0.39 is 35.3 Å². The maximum Gasteiger partial charge on any atom is 0.410 e. The van der Waals surface area contributed by atoms with Crippen molar-refractivity contribution in [3.63, 3.8) is 0 Å². The Balaban J connectivity index is 1.09. The molecule has 1 saturated heterocycles. The third-order valence-corrected chi connectivity index (χ3v) is 10.8. The van der Waals surface area contributed by atoms with Gasteiger partial charge < -0.3 is 45.6 Å². The second-order valence-corrected chi connectivity index (χ2v) is 18.1. The molecule has 16 heteroatoms. The van der Waals surface area contributed by atoms with Gasteiger partial charge in [0.05, 0.1) is 11.0 Å². The van der Waals surface area contributed by atoms with Crippen LogP contribution in [0.15, 0.2) is 59.4 Å².